The van der Waals surface area contributed by atoms with Crippen LogP contribution >= 0.6 is 42.7 Å². The Morgan fingerprint density at radius 3 is 2.43 bits per heavy atom. The molecule has 238 valence electrons. The second-order valence-electron chi connectivity index (χ2n) is 10.9. The molecule has 1 aromatic carbocycles. The van der Waals surface area contributed by atoms with Crippen molar-refractivity contribution in [1.82, 2.24) is 0 Å². The van der Waals surface area contributed by atoms with Crippen LogP contribution in [-0.2, 0) is 4.57 Å². The second kappa shape index (κ2) is 18.7. The molecule has 0 bridgehead atoms. The molecular formula is C35H45O5PS3. The number of thiophene rings is 2. The first-order chi connectivity index (χ1) is 21.5. The van der Waals surface area contributed by atoms with Gasteiger partial charge in [-0.25, -0.2) is 4.57 Å². The van der Waals surface area contributed by atoms with Crippen molar-refractivity contribution in [2.75, 3.05) is 13.7 Å². The molecule has 0 fully saturated rings. The molecular weight excluding hydrogens is 628 g/mol. The standard InChI is InChI=1S/C35H45O5PS3/c1-4-6-8-10-11-12-13-14-16-26-17-18-31(42-26)27-25-30(39-23-15-9-7-5-2)28(24-29(27)38-3)32-19-20-33(43-32)34-21-22-35(44-34)40-41(36)37/h17-19,21-22,24-25,33,41H,4-13,15,20,23H2,1-3H3,(H,36,37). The lowest BCUT2D eigenvalue weighted by atomic mass is 10.1. The lowest BCUT2D eigenvalue weighted by Crippen LogP contribution is -2.01. The van der Waals surface area contributed by atoms with Gasteiger partial charge in [0.05, 0.1) is 18.6 Å². The average Bonchev–Trinajstić information content (AvgIpc) is 3.79. The average molecular weight is 673 g/mol. The highest BCUT2D eigenvalue weighted by molar-refractivity contribution is 8.08. The molecule has 0 saturated carbocycles. The number of methoxy groups -OCH3 is 1. The zero-order chi connectivity index (χ0) is 31.1. The minimum atomic E-state index is -3.01. The summed E-state index contributed by atoms with van der Waals surface area (Å²) >= 11 is 4.91. The smallest absolute Gasteiger partial charge is 0.365 e. The van der Waals surface area contributed by atoms with Crippen LogP contribution in [0.5, 0.6) is 16.6 Å². The first-order valence-electron chi connectivity index (χ1n) is 15.8. The predicted molar refractivity (Wildman–Crippen MR) is 190 cm³/mol. The van der Waals surface area contributed by atoms with Gasteiger partial charge in [0, 0.05) is 37.5 Å². The summed E-state index contributed by atoms with van der Waals surface area (Å²) in [5.74, 6) is 8.44. The number of unbranched alkanes of at least 4 members (excludes halogenated alkanes) is 9. The van der Waals surface area contributed by atoms with Crippen molar-refractivity contribution >= 4 is 47.6 Å². The molecule has 0 radical (unpaired) electrons. The monoisotopic (exact) mass is 672 g/mol. The third-order valence-electron chi connectivity index (χ3n) is 7.45. The summed E-state index contributed by atoms with van der Waals surface area (Å²) in [6, 6.07) is 12.3. The van der Waals surface area contributed by atoms with Gasteiger partial charge in [0.2, 0.25) is 0 Å². The van der Waals surface area contributed by atoms with Gasteiger partial charge in [-0.3, -0.25) is 0 Å². The largest absolute Gasteiger partial charge is 0.496 e. The zero-order valence-corrected chi connectivity index (χ0v) is 29.6. The minimum Gasteiger partial charge on any atom is -0.496 e. The van der Waals surface area contributed by atoms with E-state index in [0.717, 1.165) is 67.8 Å². The Labute approximate surface area is 276 Å². The van der Waals surface area contributed by atoms with E-state index in [2.05, 4.69) is 56.0 Å². The van der Waals surface area contributed by atoms with Crippen molar-refractivity contribution in [2.45, 2.75) is 96.1 Å². The van der Waals surface area contributed by atoms with E-state index in [1.54, 1.807) is 36.3 Å². The molecule has 0 spiro atoms. The Morgan fingerprint density at radius 1 is 0.909 bits per heavy atom. The number of ether oxygens (including phenoxy) is 2. The van der Waals surface area contributed by atoms with E-state index in [1.165, 1.54) is 62.7 Å². The van der Waals surface area contributed by atoms with Gasteiger partial charge in [-0.05, 0) is 55.7 Å². The molecule has 1 N–H and O–H groups in total. The van der Waals surface area contributed by atoms with E-state index in [1.807, 2.05) is 6.07 Å². The van der Waals surface area contributed by atoms with Crippen molar-refractivity contribution < 1.29 is 23.5 Å². The van der Waals surface area contributed by atoms with Crippen LogP contribution in [0.2, 0.25) is 0 Å². The Balaban J connectivity index is 1.51. The van der Waals surface area contributed by atoms with E-state index in [0.29, 0.717) is 11.7 Å². The fraction of sp³-hybridized carbons (Fsp3) is 0.486. The van der Waals surface area contributed by atoms with Gasteiger partial charge in [0.15, 0.2) is 5.06 Å². The molecule has 0 amide bonds. The summed E-state index contributed by atoms with van der Waals surface area (Å²) in [4.78, 5) is 13.6. The van der Waals surface area contributed by atoms with E-state index >= 15 is 0 Å². The summed E-state index contributed by atoms with van der Waals surface area (Å²) in [6.07, 6.45) is 16.3. The van der Waals surface area contributed by atoms with E-state index in [4.69, 9.17) is 18.9 Å². The lowest BCUT2D eigenvalue weighted by molar-refractivity contribution is 0.304. The molecule has 2 unspecified atom stereocenters. The maximum Gasteiger partial charge on any atom is 0.365 e. The summed E-state index contributed by atoms with van der Waals surface area (Å²) in [6.45, 7) is 5.14. The quantitative estimate of drug-likeness (QED) is 0.0824. The topological polar surface area (TPSA) is 65.0 Å². The molecule has 1 aliphatic rings. The van der Waals surface area contributed by atoms with Gasteiger partial charge in [-0.15, -0.1) is 34.4 Å². The number of thioether (sulfide) groups is 1. The van der Waals surface area contributed by atoms with E-state index < -0.39 is 8.25 Å². The molecule has 9 heteroatoms. The van der Waals surface area contributed by atoms with Crippen LogP contribution in [-0.4, -0.2) is 18.6 Å². The molecule has 2 aromatic heterocycles. The Bertz CT molecular complexity index is 1450. The maximum absolute atomic E-state index is 11.1. The van der Waals surface area contributed by atoms with Crippen LogP contribution in [0.3, 0.4) is 0 Å². The van der Waals surface area contributed by atoms with Crippen molar-refractivity contribution in [1.29, 1.82) is 0 Å². The van der Waals surface area contributed by atoms with Gasteiger partial charge in [-0.2, -0.15) is 0 Å². The number of rotatable bonds is 18. The van der Waals surface area contributed by atoms with Crippen molar-refractivity contribution in [2.24, 2.45) is 0 Å². The third-order valence-corrected chi connectivity index (χ3v) is 11.6. The molecule has 5 nitrogen and oxygen atoms in total. The van der Waals surface area contributed by atoms with Crippen LogP contribution < -0.4 is 14.0 Å². The number of allylic oxidation sites excluding steroid dienone is 1. The highest BCUT2D eigenvalue weighted by atomic mass is 32.2. The number of benzene rings is 1. The van der Waals surface area contributed by atoms with E-state index in [-0.39, 0.29) is 5.25 Å². The van der Waals surface area contributed by atoms with Gasteiger partial charge in [0.25, 0.3) is 0 Å². The molecule has 2 atom stereocenters. The normalized spacial score (nSPS) is 15.0. The lowest BCUT2D eigenvalue weighted by Gasteiger charge is -2.17. The van der Waals surface area contributed by atoms with E-state index in [9.17, 15) is 4.57 Å². The second-order valence-corrected chi connectivity index (χ2v) is 15.0. The molecule has 0 aliphatic carbocycles. The van der Waals surface area contributed by atoms with Gasteiger partial charge >= 0.3 is 8.25 Å². The molecule has 3 aromatic rings. The Kier molecular flexibility index (Phi) is 14.8. The molecule has 3 heterocycles. The minimum absolute atomic E-state index is 0.214. The molecule has 0 saturated heterocycles. The fourth-order valence-electron chi connectivity index (χ4n) is 5.10. The summed E-state index contributed by atoms with van der Waals surface area (Å²) < 4.78 is 28.6. The number of hydrogen-bond acceptors (Lipinski definition) is 7. The van der Waals surface area contributed by atoms with Crippen LogP contribution in [0.15, 0.2) is 42.5 Å². The molecule has 44 heavy (non-hydrogen) atoms. The summed E-state index contributed by atoms with van der Waals surface area (Å²) in [7, 11) is -1.29. The molecule has 4 rings (SSSR count). The SMILES string of the molecule is CCCCCCCCC#Cc1ccc(-c2cc(OCCCCCC)c(C3=CCC(c4ccc(O[PH](=O)O)s4)S3)cc2OC)s1. The van der Waals surface area contributed by atoms with Crippen LogP contribution in [0.25, 0.3) is 15.3 Å². The van der Waals surface area contributed by atoms with Crippen molar-refractivity contribution in [3.05, 3.63) is 57.8 Å². The molecule has 1 aliphatic heterocycles. The predicted octanol–water partition coefficient (Wildman–Crippen LogP) is 11.5. The Hall–Kier alpha value is -2.14. The van der Waals surface area contributed by atoms with Gasteiger partial charge < -0.3 is 18.9 Å². The first-order valence-corrected chi connectivity index (χ1v) is 19.6. The summed E-state index contributed by atoms with van der Waals surface area (Å²) in [5.41, 5.74) is 2.06. The van der Waals surface area contributed by atoms with Crippen molar-refractivity contribution in [3.63, 3.8) is 0 Å². The summed E-state index contributed by atoms with van der Waals surface area (Å²) in [5, 5.41) is 0.691. The van der Waals surface area contributed by atoms with Crippen molar-refractivity contribution in [3.8, 4) is 38.8 Å². The van der Waals surface area contributed by atoms with Gasteiger partial charge in [0.1, 0.15) is 11.5 Å². The zero-order valence-electron chi connectivity index (χ0n) is 26.1. The van der Waals surface area contributed by atoms with Gasteiger partial charge in [-0.1, -0.05) is 83.1 Å². The fourth-order valence-corrected chi connectivity index (χ4v) is 8.81. The first kappa shape index (κ1) is 34.7. The van der Waals surface area contributed by atoms with Crippen LogP contribution in [0.4, 0.5) is 0 Å². The van der Waals surface area contributed by atoms with Crippen LogP contribution in [0.1, 0.15) is 111 Å². The highest BCUT2D eigenvalue weighted by Crippen LogP contribution is 2.54. The maximum atomic E-state index is 11.1. The number of hydrogen-bond donors (Lipinski definition) is 1. The third kappa shape index (κ3) is 10.5. The Morgan fingerprint density at radius 2 is 1.66 bits per heavy atom. The van der Waals surface area contributed by atoms with Crippen LogP contribution in [0, 0.1) is 11.8 Å². The highest BCUT2D eigenvalue weighted by Gasteiger charge is 2.26.